The van der Waals surface area contributed by atoms with Gasteiger partial charge in [0, 0.05) is 42.8 Å². The molecule has 1 aliphatic heterocycles. The Morgan fingerprint density at radius 2 is 2.03 bits per heavy atom. The highest BCUT2D eigenvalue weighted by Crippen LogP contribution is 2.43. The second-order valence-electron chi connectivity index (χ2n) is 9.33. The van der Waals surface area contributed by atoms with E-state index in [0.717, 1.165) is 65.0 Å². The maximum atomic E-state index is 6.21. The molecule has 0 radical (unpaired) electrons. The van der Waals surface area contributed by atoms with Crippen molar-refractivity contribution >= 4 is 49.3 Å². The molecule has 0 spiro atoms. The number of hydrogen-bond donors (Lipinski definition) is 1. The van der Waals surface area contributed by atoms with Gasteiger partial charge < -0.3 is 14.8 Å². The Bertz CT molecular complexity index is 1110. The molecule has 0 bridgehead atoms. The summed E-state index contributed by atoms with van der Waals surface area (Å²) in [5.74, 6) is 1.45. The minimum Gasteiger partial charge on any atom is -0.382 e. The van der Waals surface area contributed by atoms with Crippen molar-refractivity contribution in [3.8, 4) is 0 Å². The highest BCUT2D eigenvalue weighted by molar-refractivity contribution is 7.98. The molecule has 0 aliphatic carbocycles. The first kappa shape index (κ1) is 23.7. The minimum atomic E-state index is -0.194. The molecule has 0 saturated carbocycles. The first-order valence-electron chi connectivity index (χ1n) is 11.5. The number of hydrogen-bond acceptors (Lipinski definition) is 8. The second-order valence-corrected chi connectivity index (χ2v) is 11.1. The normalized spacial score (nSPS) is 15.6. The number of fused-ring (bicyclic) bond motifs is 5. The van der Waals surface area contributed by atoms with Crippen molar-refractivity contribution in [1.29, 1.82) is 0 Å². The summed E-state index contributed by atoms with van der Waals surface area (Å²) in [5.41, 5.74) is 4.63. The van der Waals surface area contributed by atoms with Crippen LogP contribution in [0.15, 0.2) is 5.16 Å². The minimum absolute atomic E-state index is 0.194. The molecule has 32 heavy (non-hydrogen) atoms. The topological polar surface area (TPSA) is 69.2 Å². The molecule has 3 aromatic rings. The zero-order valence-electron chi connectivity index (χ0n) is 20.0. The Hall–Kier alpha value is -1.48. The monoisotopic (exact) mass is 474 g/mol. The van der Waals surface area contributed by atoms with Gasteiger partial charge in [-0.15, -0.1) is 11.3 Å². The largest absolute Gasteiger partial charge is 0.382 e. The highest BCUT2D eigenvalue weighted by atomic mass is 32.2. The van der Waals surface area contributed by atoms with E-state index in [1.54, 1.807) is 23.1 Å². The zero-order valence-corrected chi connectivity index (χ0v) is 21.6. The number of aromatic nitrogens is 3. The van der Waals surface area contributed by atoms with E-state index in [9.17, 15) is 0 Å². The summed E-state index contributed by atoms with van der Waals surface area (Å²) >= 11 is 3.29. The van der Waals surface area contributed by atoms with E-state index in [1.165, 1.54) is 22.2 Å². The van der Waals surface area contributed by atoms with Gasteiger partial charge in [0.1, 0.15) is 10.6 Å². The number of rotatable bonds is 9. The standard InChI is InChI=1S/C24H34N4O2S2/c1-7-29-10-8-9-25-21-20-19(27-23(28-21)31-6)18-15-12-24(4,5)30-13-16(15)17(11-14(2)3)26-22(18)32-20/h14H,7-13H2,1-6H3,(H,25,27,28). The molecular formula is C24H34N4O2S2. The van der Waals surface area contributed by atoms with Crippen LogP contribution in [0.4, 0.5) is 5.82 Å². The van der Waals surface area contributed by atoms with Crippen LogP contribution in [0.2, 0.25) is 0 Å². The lowest BCUT2D eigenvalue weighted by Crippen LogP contribution is -2.33. The molecule has 4 rings (SSSR count). The average molecular weight is 475 g/mol. The number of nitrogens with one attached hydrogen (secondary N) is 1. The average Bonchev–Trinajstić information content (AvgIpc) is 3.10. The molecule has 174 valence electrons. The fourth-order valence-corrected chi connectivity index (χ4v) is 5.71. The van der Waals surface area contributed by atoms with Crippen LogP contribution in [-0.2, 0) is 28.9 Å². The molecule has 3 aromatic heterocycles. The molecule has 0 unspecified atom stereocenters. The Kier molecular flexibility index (Phi) is 7.24. The van der Waals surface area contributed by atoms with Crippen LogP contribution in [0.25, 0.3) is 20.4 Å². The van der Waals surface area contributed by atoms with Crippen LogP contribution < -0.4 is 5.32 Å². The van der Waals surface area contributed by atoms with Gasteiger partial charge >= 0.3 is 0 Å². The summed E-state index contributed by atoms with van der Waals surface area (Å²) < 4.78 is 12.8. The van der Waals surface area contributed by atoms with Crippen molar-refractivity contribution in [2.24, 2.45) is 5.92 Å². The second kappa shape index (κ2) is 9.79. The Labute approximate surface area is 198 Å². The number of thioether (sulfide) groups is 1. The molecule has 1 aliphatic rings. The summed E-state index contributed by atoms with van der Waals surface area (Å²) in [7, 11) is 0. The van der Waals surface area contributed by atoms with Crippen LogP contribution in [0.1, 0.15) is 57.9 Å². The van der Waals surface area contributed by atoms with Crippen molar-refractivity contribution in [2.75, 3.05) is 31.3 Å². The lowest BCUT2D eigenvalue weighted by atomic mass is 9.88. The van der Waals surface area contributed by atoms with E-state index in [-0.39, 0.29) is 5.60 Å². The van der Waals surface area contributed by atoms with Crippen molar-refractivity contribution in [3.63, 3.8) is 0 Å². The van der Waals surface area contributed by atoms with E-state index in [4.69, 9.17) is 24.4 Å². The van der Waals surface area contributed by atoms with Crippen molar-refractivity contribution in [3.05, 3.63) is 16.8 Å². The van der Waals surface area contributed by atoms with Gasteiger partial charge in [0.25, 0.3) is 0 Å². The Morgan fingerprint density at radius 1 is 1.22 bits per heavy atom. The molecule has 4 heterocycles. The molecule has 0 fully saturated rings. The first-order chi connectivity index (χ1) is 15.3. The SMILES string of the molecule is CCOCCCNc1nc(SC)nc2c1sc1nc(CC(C)C)c3c(c12)CC(C)(C)OC3. The summed E-state index contributed by atoms with van der Waals surface area (Å²) in [4.78, 5) is 16.0. The van der Waals surface area contributed by atoms with E-state index in [2.05, 4.69) is 33.0 Å². The molecule has 0 saturated heterocycles. The summed E-state index contributed by atoms with van der Waals surface area (Å²) in [6.45, 7) is 13.8. The van der Waals surface area contributed by atoms with Gasteiger partial charge in [-0.2, -0.15) is 0 Å². The summed E-state index contributed by atoms with van der Waals surface area (Å²) in [5, 5.41) is 5.52. The number of pyridine rings is 1. The number of ether oxygens (including phenoxy) is 2. The van der Waals surface area contributed by atoms with Crippen molar-refractivity contribution < 1.29 is 9.47 Å². The predicted molar refractivity (Wildman–Crippen MR) is 135 cm³/mol. The quantitative estimate of drug-likeness (QED) is 0.237. The third-order valence-electron chi connectivity index (χ3n) is 5.70. The molecule has 0 aromatic carbocycles. The molecular weight excluding hydrogens is 440 g/mol. The van der Waals surface area contributed by atoms with Crippen molar-refractivity contribution in [1.82, 2.24) is 15.0 Å². The molecule has 8 heteroatoms. The molecule has 0 amide bonds. The number of nitrogens with zero attached hydrogens (tertiary/aromatic N) is 3. The summed E-state index contributed by atoms with van der Waals surface area (Å²) in [6.07, 6.45) is 4.80. The van der Waals surface area contributed by atoms with Crippen LogP contribution in [-0.4, -0.2) is 46.6 Å². The van der Waals surface area contributed by atoms with E-state index >= 15 is 0 Å². The molecule has 0 atom stereocenters. The zero-order chi connectivity index (χ0) is 22.9. The van der Waals surface area contributed by atoms with Gasteiger partial charge in [0.2, 0.25) is 0 Å². The van der Waals surface area contributed by atoms with Crippen LogP contribution in [0.5, 0.6) is 0 Å². The number of thiophene rings is 1. The third-order valence-corrected chi connectivity index (χ3v) is 7.33. The van der Waals surface area contributed by atoms with Crippen LogP contribution in [0, 0.1) is 5.92 Å². The third kappa shape index (κ3) is 4.88. The molecule has 1 N–H and O–H groups in total. The smallest absolute Gasteiger partial charge is 0.189 e. The van der Waals surface area contributed by atoms with Crippen LogP contribution in [0.3, 0.4) is 0 Å². The van der Waals surface area contributed by atoms with Crippen LogP contribution >= 0.6 is 23.1 Å². The van der Waals surface area contributed by atoms with E-state index in [1.807, 2.05) is 13.2 Å². The maximum Gasteiger partial charge on any atom is 0.189 e. The Morgan fingerprint density at radius 3 is 2.75 bits per heavy atom. The van der Waals surface area contributed by atoms with Gasteiger partial charge in [0.15, 0.2) is 5.16 Å². The fraction of sp³-hybridized carbons (Fsp3) is 0.625. The maximum absolute atomic E-state index is 6.21. The molecule has 6 nitrogen and oxygen atoms in total. The summed E-state index contributed by atoms with van der Waals surface area (Å²) in [6, 6.07) is 0. The van der Waals surface area contributed by atoms with Gasteiger partial charge in [0.05, 0.1) is 22.4 Å². The van der Waals surface area contributed by atoms with E-state index < -0.39 is 0 Å². The number of anilines is 1. The van der Waals surface area contributed by atoms with Gasteiger partial charge in [-0.3, -0.25) is 0 Å². The fourth-order valence-electron chi connectivity index (χ4n) is 4.21. The van der Waals surface area contributed by atoms with Gasteiger partial charge in [-0.05, 0) is 51.3 Å². The Balaban J connectivity index is 1.86. The predicted octanol–water partition coefficient (Wildman–Crippen LogP) is 5.85. The van der Waals surface area contributed by atoms with E-state index in [0.29, 0.717) is 12.5 Å². The van der Waals surface area contributed by atoms with Gasteiger partial charge in [-0.1, -0.05) is 25.6 Å². The lowest BCUT2D eigenvalue weighted by molar-refractivity contribution is -0.0402. The van der Waals surface area contributed by atoms with Crippen molar-refractivity contribution in [2.45, 2.75) is 71.2 Å². The highest BCUT2D eigenvalue weighted by Gasteiger charge is 2.32. The first-order valence-corrected chi connectivity index (χ1v) is 13.5. The van der Waals surface area contributed by atoms with Gasteiger partial charge in [-0.25, -0.2) is 15.0 Å². The lowest BCUT2D eigenvalue weighted by Gasteiger charge is -2.33.